The summed E-state index contributed by atoms with van der Waals surface area (Å²) in [6, 6.07) is 17.2. The summed E-state index contributed by atoms with van der Waals surface area (Å²) in [5, 5.41) is 3.13. The van der Waals surface area contributed by atoms with Gasteiger partial charge in [-0.3, -0.25) is 13.9 Å². The fourth-order valence-electron chi connectivity index (χ4n) is 3.86. The highest BCUT2D eigenvalue weighted by Gasteiger charge is 2.33. The van der Waals surface area contributed by atoms with Crippen LogP contribution in [0.4, 0.5) is 10.1 Å². The van der Waals surface area contributed by atoms with Crippen LogP contribution in [0.2, 0.25) is 5.02 Å². The second kappa shape index (κ2) is 13.1. The van der Waals surface area contributed by atoms with Crippen LogP contribution in [0.15, 0.2) is 77.7 Å². The first kappa shape index (κ1) is 30.1. The van der Waals surface area contributed by atoms with E-state index in [9.17, 15) is 22.4 Å². The Morgan fingerprint density at radius 1 is 1.00 bits per heavy atom. The molecular weight excluding hydrogens is 541 g/mol. The lowest BCUT2D eigenvalue weighted by molar-refractivity contribution is -0.139. The maximum atomic E-state index is 14.6. The topological polar surface area (TPSA) is 86.8 Å². The first-order chi connectivity index (χ1) is 18.4. The third-order valence-corrected chi connectivity index (χ3v) is 8.47. The Kier molecular flexibility index (Phi) is 10.1. The van der Waals surface area contributed by atoms with Crippen LogP contribution in [0.25, 0.3) is 0 Å². The van der Waals surface area contributed by atoms with E-state index < -0.39 is 40.2 Å². The van der Waals surface area contributed by atoms with Crippen molar-refractivity contribution >= 4 is 39.1 Å². The Labute approximate surface area is 234 Å². The molecule has 0 saturated carbocycles. The predicted molar refractivity (Wildman–Crippen MR) is 151 cm³/mol. The monoisotopic (exact) mass is 573 g/mol. The molecule has 0 aliphatic rings. The molecule has 2 amide bonds. The molecule has 208 valence electrons. The number of halogens is 2. The second-order valence-corrected chi connectivity index (χ2v) is 11.7. The molecule has 7 nitrogen and oxygen atoms in total. The summed E-state index contributed by atoms with van der Waals surface area (Å²) in [7, 11) is -4.21. The van der Waals surface area contributed by atoms with Gasteiger partial charge in [0, 0.05) is 23.2 Å². The van der Waals surface area contributed by atoms with E-state index in [4.69, 9.17) is 11.6 Å². The molecule has 0 aromatic heterocycles. The number of anilines is 1. The third-order valence-electron chi connectivity index (χ3n) is 6.45. The van der Waals surface area contributed by atoms with Crippen LogP contribution in [0.1, 0.15) is 38.3 Å². The van der Waals surface area contributed by atoms with Gasteiger partial charge in [0.05, 0.1) is 10.6 Å². The molecular formula is C29H33ClFN3O4S. The molecule has 0 radical (unpaired) electrons. The van der Waals surface area contributed by atoms with Gasteiger partial charge in [-0.1, -0.05) is 60.5 Å². The van der Waals surface area contributed by atoms with Gasteiger partial charge >= 0.3 is 0 Å². The predicted octanol–water partition coefficient (Wildman–Crippen LogP) is 5.31. The number of amides is 2. The van der Waals surface area contributed by atoms with Crippen molar-refractivity contribution in [3.8, 4) is 0 Å². The Hall–Kier alpha value is -3.43. The van der Waals surface area contributed by atoms with E-state index >= 15 is 0 Å². The van der Waals surface area contributed by atoms with Crippen molar-refractivity contribution < 1.29 is 22.4 Å². The zero-order valence-electron chi connectivity index (χ0n) is 22.4. The summed E-state index contributed by atoms with van der Waals surface area (Å²) < 4.78 is 43.1. The largest absolute Gasteiger partial charge is 0.352 e. The SMILES string of the molecule is CC[C@@H](C)NC(=O)[C@H](C)N(Cc1ccccc1F)C(=O)CN(c1cccc(Cl)c1)S(=O)(=O)c1ccc(C)cc1. The van der Waals surface area contributed by atoms with Crippen molar-refractivity contribution in [2.24, 2.45) is 0 Å². The highest BCUT2D eigenvalue weighted by Crippen LogP contribution is 2.27. The van der Waals surface area contributed by atoms with Gasteiger partial charge in [-0.2, -0.15) is 0 Å². The molecule has 0 saturated heterocycles. The summed E-state index contributed by atoms with van der Waals surface area (Å²) in [4.78, 5) is 28.1. The molecule has 3 aromatic rings. The van der Waals surface area contributed by atoms with Crippen molar-refractivity contribution in [2.75, 3.05) is 10.8 Å². The number of benzene rings is 3. The molecule has 0 heterocycles. The van der Waals surface area contributed by atoms with Gasteiger partial charge in [0.25, 0.3) is 10.0 Å². The van der Waals surface area contributed by atoms with E-state index in [1.54, 1.807) is 30.3 Å². The number of sulfonamides is 1. The van der Waals surface area contributed by atoms with E-state index in [1.165, 1.54) is 54.3 Å². The van der Waals surface area contributed by atoms with Crippen LogP contribution in [-0.2, 0) is 26.2 Å². The molecule has 10 heteroatoms. The van der Waals surface area contributed by atoms with Crippen molar-refractivity contribution in [1.82, 2.24) is 10.2 Å². The number of aryl methyl sites for hydroxylation is 1. The lowest BCUT2D eigenvalue weighted by Crippen LogP contribution is -2.52. The van der Waals surface area contributed by atoms with Crippen molar-refractivity contribution in [3.63, 3.8) is 0 Å². The van der Waals surface area contributed by atoms with E-state index in [0.29, 0.717) is 6.42 Å². The molecule has 2 atom stereocenters. The highest BCUT2D eigenvalue weighted by atomic mass is 35.5. The number of nitrogens with one attached hydrogen (secondary N) is 1. The molecule has 0 aliphatic carbocycles. The Bertz CT molecular complexity index is 1420. The molecule has 0 unspecified atom stereocenters. The summed E-state index contributed by atoms with van der Waals surface area (Å²) in [5.74, 6) is -1.64. The number of nitrogens with zero attached hydrogens (tertiary/aromatic N) is 2. The third kappa shape index (κ3) is 7.58. The molecule has 0 spiro atoms. The van der Waals surface area contributed by atoms with Gasteiger partial charge in [0.15, 0.2) is 0 Å². The molecule has 39 heavy (non-hydrogen) atoms. The van der Waals surface area contributed by atoms with Crippen LogP contribution < -0.4 is 9.62 Å². The first-order valence-corrected chi connectivity index (χ1v) is 14.4. The van der Waals surface area contributed by atoms with Crippen molar-refractivity contribution in [1.29, 1.82) is 0 Å². The Morgan fingerprint density at radius 3 is 2.28 bits per heavy atom. The minimum atomic E-state index is -4.21. The Balaban J connectivity index is 2.04. The van der Waals surface area contributed by atoms with Crippen molar-refractivity contribution in [3.05, 3.63) is 94.8 Å². The van der Waals surface area contributed by atoms with E-state index in [0.717, 1.165) is 9.87 Å². The lowest BCUT2D eigenvalue weighted by atomic mass is 10.1. The number of carbonyl (C=O) groups excluding carboxylic acids is 2. The minimum absolute atomic E-state index is 0.0101. The quantitative estimate of drug-likeness (QED) is 0.337. The van der Waals surface area contributed by atoms with E-state index in [1.807, 2.05) is 20.8 Å². The molecule has 3 aromatic carbocycles. The average molecular weight is 574 g/mol. The molecule has 0 bridgehead atoms. The number of hydrogen-bond acceptors (Lipinski definition) is 4. The van der Waals surface area contributed by atoms with Crippen LogP contribution in [0, 0.1) is 12.7 Å². The average Bonchev–Trinajstić information content (AvgIpc) is 2.90. The van der Waals surface area contributed by atoms with Gasteiger partial charge in [-0.15, -0.1) is 0 Å². The summed E-state index contributed by atoms with van der Waals surface area (Å²) in [5.41, 5.74) is 1.25. The van der Waals surface area contributed by atoms with Gasteiger partial charge < -0.3 is 10.2 Å². The van der Waals surface area contributed by atoms with Crippen LogP contribution >= 0.6 is 11.6 Å². The van der Waals surface area contributed by atoms with E-state index in [2.05, 4.69) is 5.32 Å². The number of carbonyl (C=O) groups is 2. The molecule has 1 N–H and O–H groups in total. The molecule has 0 fully saturated rings. The normalized spacial score (nSPS) is 12.9. The summed E-state index contributed by atoms with van der Waals surface area (Å²) in [6.45, 7) is 6.26. The maximum Gasteiger partial charge on any atom is 0.264 e. The molecule has 3 rings (SSSR count). The summed E-state index contributed by atoms with van der Waals surface area (Å²) in [6.07, 6.45) is 0.678. The van der Waals surface area contributed by atoms with Crippen molar-refractivity contribution in [2.45, 2.75) is 57.6 Å². The van der Waals surface area contributed by atoms with Crippen LogP contribution in [0.3, 0.4) is 0 Å². The summed E-state index contributed by atoms with van der Waals surface area (Å²) >= 11 is 6.17. The number of rotatable bonds is 11. The van der Waals surface area contributed by atoms with Gasteiger partial charge in [0.1, 0.15) is 18.4 Å². The zero-order valence-corrected chi connectivity index (χ0v) is 24.0. The van der Waals surface area contributed by atoms with Gasteiger partial charge in [-0.05, 0) is 63.6 Å². The van der Waals surface area contributed by atoms with Crippen LogP contribution in [0.5, 0.6) is 0 Å². The fraction of sp³-hybridized carbons (Fsp3) is 0.310. The maximum absolute atomic E-state index is 14.6. The zero-order chi connectivity index (χ0) is 28.7. The highest BCUT2D eigenvalue weighted by molar-refractivity contribution is 7.92. The Morgan fingerprint density at radius 2 is 1.67 bits per heavy atom. The minimum Gasteiger partial charge on any atom is -0.352 e. The number of hydrogen-bond donors (Lipinski definition) is 1. The van der Waals surface area contributed by atoms with Crippen LogP contribution in [-0.4, -0.2) is 43.8 Å². The fourth-order valence-corrected chi connectivity index (χ4v) is 5.45. The van der Waals surface area contributed by atoms with Gasteiger partial charge in [0.2, 0.25) is 11.8 Å². The van der Waals surface area contributed by atoms with E-state index in [-0.39, 0.29) is 33.8 Å². The van der Waals surface area contributed by atoms with Gasteiger partial charge in [-0.25, -0.2) is 12.8 Å². The molecule has 0 aliphatic heterocycles. The first-order valence-electron chi connectivity index (χ1n) is 12.6. The smallest absolute Gasteiger partial charge is 0.264 e. The second-order valence-electron chi connectivity index (χ2n) is 9.41. The standard InChI is InChI=1S/C29H33ClFN3O4S/c1-5-21(3)32-29(36)22(4)33(18-23-9-6-7-12-27(23)31)28(35)19-34(25-11-8-10-24(30)17-25)39(37,38)26-15-13-20(2)14-16-26/h6-17,21-22H,5,18-19H2,1-4H3,(H,32,36)/t21-,22+/m1/s1. The lowest BCUT2D eigenvalue weighted by Gasteiger charge is -2.32.